The fourth-order valence-electron chi connectivity index (χ4n) is 4.40. The van der Waals surface area contributed by atoms with Crippen molar-refractivity contribution in [3.8, 4) is 6.07 Å². The molecule has 1 N–H and O–H groups in total. The van der Waals surface area contributed by atoms with E-state index in [9.17, 15) is 10.1 Å². The van der Waals surface area contributed by atoms with E-state index in [0.717, 1.165) is 42.1 Å². The van der Waals surface area contributed by atoms with Crippen LogP contribution in [0.4, 0.5) is 5.82 Å². The minimum Gasteiger partial charge on any atom is -0.381 e. The first-order chi connectivity index (χ1) is 12.0. The van der Waals surface area contributed by atoms with Crippen molar-refractivity contribution in [3.63, 3.8) is 0 Å². The number of amides is 1. The number of nitrogens with zero attached hydrogens (tertiary/aromatic N) is 2. The zero-order valence-electron chi connectivity index (χ0n) is 14.5. The average Bonchev–Trinajstić information content (AvgIpc) is 2.53. The number of benzene rings is 1. The highest BCUT2D eigenvalue weighted by Gasteiger charge is 2.55. The molecule has 0 saturated heterocycles. The molecule has 1 aromatic carbocycles. The monoisotopic (exact) mass is 335 g/mol. The zero-order chi connectivity index (χ0) is 17.6. The largest absolute Gasteiger partial charge is 0.381 e. The van der Waals surface area contributed by atoms with E-state index in [1.807, 2.05) is 31.2 Å². The second-order valence-corrected chi connectivity index (χ2v) is 7.45. The third-order valence-corrected chi connectivity index (χ3v) is 5.89. The molecule has 1 aromatic heterocycles. The Bertz CT molecular complexity index is 886. The summed E-state index contributed by atoms with van der Waals surface area (Å²) in [6.45, 7) is 1.90. The number of pyridine rings is 1. The van der Waals surface area contributed by atoms with Gasteiger partial charge in [-0.1, -0.05) is 18.2 Å². The molecule has 5 heteroatoms. The Morgan fingerprint density at radius 3 is 2.72 bits per heavy atom. The molecule has 2 aliphatic carbocycles. The van der Waals surface area contributed by atoms with Gasteiger partial charge in [0.1, 0.15) is 6.07 Å². The maximum absolute atomic E-state index is 12.6. The van der Waals surface area contributed by atoms with Crippen molar-refractivity contribution < 1.29 is 9.53 Å². The topological polar surface area (TPSA) is 75.0 Å². The highest BCUT2D eigenvalue weighted by atomic mass is 16.5. The maximum Gasteiger partial charge on any atom is 0.228 e. The molecular formula is C20H21N3O2. The summed E-state index contributed by atoms with van der Waals surface area (Å²) in [7, 11) is 1.75. The summed E-state index contributed by atoms with van der Waals surface area (Å²) in [6, 6.07) is 9.88. The number of carbonyl (C=O) groups is 1. The fraction of sp³-hybridized carbons (Fsp3) is 0.450. The Hall–Kier alpha value is -2.45. The zero-order valence-corrected chi connectivity index (χ0v) is 14.5. The molecule has 0 atom stereocenters. The van der Waals surface area contributed by atoms with Crippen LogP contribution in [0.3, 0.4) is 0 Å². The van der Waals surface area contributed by atoms with Gasteiger partial charge in [-0.3, -0.25) is 4.79 Å². The number of nitriles is 1. The van der Waals surface area contributed by atoms with Gasteiger partial charge < -0.3 is 10.1 Å². The van der Waals surface area contributed by atoms with Crippen LogP contribution in [0.15, 0.2) is 24.3 Å². The van der Waals surface area contributed by atoms with Crippen LogP contribution in [-0.2, 0) is 9.53 Å². The number of methoxy groups -OCH3 is 1. The van der Waals surface area contributed by atoms with Crippen LogP contribution in [0.5, 0.6) is 0 Å². The van der Waals surface area contributed by atoms with E-state index in [-0.39, 0.29) is 11.8 Å². The van der Waals surface area contributed by atoms with Crippen molar-refractivity contribution >= 4 is 22.6 Å². The first-order valence-corrected chi connectivity index (χ1v) is 8.68. The molecule has 0 radical (unpaired) electrons. The van der Waals surface area contributed by atoms with Crippen molar-refractivity contribution in [2.75, 3.05) is 12.4 Å². The number of carbonyl (C=O) groups excluding carboxylic acids is 1. The molecule has 2 fully saturated rings. The normalized spacial score (nSPS) is 27.4. The summed E-state index contributed by atoms with van der Waals surface area (Å²) < 4.78 is 5.35. The molecular weight excluding hydrogens is 314 g/mol. The van der Waals surface area contributed by atoms with Gasteiger partial charge in [-0.05, 0) is 49.7 Å². The second-order valence-electron chi connectivity index (χ2n) is 7.45. The van der Waals surface area contributed by atoms with E-state index in [2.05, 4.69) is 16.4 Å². The summed E-state index contributed by atoms with van der Waals surface area (Å²) >= 11 is 0. The van der Waals surface area contributed by atoms with Crippen LogP contribution >= 0.6 is 0 Å². The second kappa shape index (κ2) is 5.82. The lowest BCUT2D eigenvalue weighted by Crippen LogP contribution is -2.53. The highest BCUT2D eigenvalue weighted by Crippen LogP contribution is 2.59. The van der Waals surface area contributed by atoms with Gasteiger partial charge in [-0.15, -0.1) is 0 Å². The Morgan fingerprint density at radius 1 is 1.32 bits per heavy atom. The van der Waals surface area contributed by atoms with Crippen molar-refractivity contribution in [1.29, 1.82) is 5.26 Å². The highest BCUT2D eigenvalue weighted by molar-refractivity contribution is 5.96. The lowest BCUT2D eigenvalue weighted by molar-refractivity contribution is -0.148. The number of anilines is 1. The maximum atomic E-state index is 12.6. The first kappa shape index (κ1) is 16.0. The number of aryl methyl sites for hydroxylation is 1. The summed E-state index contributed by atoms with van der Waals surface area (Å²) in [4.78, 5) is 17.1. The SMILES string of the molecule is COC1CC2(C1)CC(C(=O)Nc1nc3ccccc3c(C)c1C#N)C2. The number of rotatable bonds is 3. The van der Waals surface area contributed by atoms with Gasteiger partial charge in [0.2, 0.25) is 5.91 Å². The molecule has 1 spiro atoms. The molecule has 2 aromatic rings. The molecule has 25 heavy (non-hydrogen) atoms. The Labute approximate surface area is 147 Å². The van der Waals surface area contributed by atoms with Gasteiger partial charge >= 0.3 is 0 Å². The number of aromatic nitrogens is 1. The molecule has 2 saturated carbocycles. The first-order valence-electron chi connectivity index (χ1n) is 8.68. The van der Waals surface area contributed by atoms with Crippen molar-refractivity contribution in [1.82, 2.24) is 4.98 Å². The number of nitrogens with one attached hydrogen (secondary N) is 1. The van der Waals surface area contributed by atoms with E-state index >= 15 is 0 Å². The van der Waals surface area contributed by atoms with E-state index < -0.39 is 0 Å². The average molecular weight is 335 g/mol. The van der Waals surface area contributed by atoms with Crippen LogP contribution in [0.2, 0.25) is 0 Å². The quantitative estimate of drug-likeness (QED) is 0.930. The molecule has 128 valence electrons. The summed E-state index contributed by atoms with van der Waals surface area (Å²) in [5.41, 5.74) is 2.41. The molecule has 0 unspecified atom stereocenters. The molecule has 2 aliphatic rings. The van der Waals surface area contributed by atoms with Gasteiger partial charge in [0.25, 0.3) is 0 Å². The van der Waals surface area contributed by atoms with Crippen LogP contribution in [0, 0.1) is 29.6 Å². The predicted molar refractivity (Wildman–Crippen MR) is 95.0 cm³/mol. The Morgan fingerprint density at radius 2 is 2.04 bits per heavy atom. The predicted octanol–water partition coefficient (Wildman–Crippen LogP) is 3.56. The minimum absolute atomic E-state index is 0.0120. The fourth-order valence-corrected chi connectivity index (χ4v) is 4.40. The van der Waals surface area contributed by atoms with Gasteiger partial charge in [0, 0.05) is 18.4 Å². The van der Waals surface area contributed by atoms with Crippen LogP contribution in [0.25, 0.3) is 10.9 Å². The summed E-state index contributed by atoms with van der Waals surface area (Å²) in [5, 5.41) is 13.4. The van der Waals surface area contributed by atoms with Crippen molar-refractivity contribution in [3.05, 3.63) is 35.4 Å². The third-order valence-electron chi connectivity index (χ3n) is 5.89. The minimum atomic E-state index is -0.0230. The van der Waals surface area contributed by atoms with E-state index in [1.54, 1.807) is 7.11 Å². The molecule has 5 nitrogen and oxygen atoms in total. The number of hydrogen-bond donors (Lipinski definition) is 1. The Balaban J connectivity index is 1.51. The number of ether oxygens (including phenoxy) is 1. The molecule has 0 bridgehead atoms. The van der Waals surface area contributed by atoms with Crippen LogP contribution in [-0.4, -0.2) is 24.1 Å². The summed E-state index contributed by atoms with van der Waals surface area (Å²) in [5.74, 6) is 0.371. The van der Waals surface area contributed by atoms with Gasteiger partial charge in [0.05, 0.1) is 17.2 Å². The van der Waals surface area contributed by atoms with Gasteiger partial charge in [-0.2, -0.15) is 5.26 Å². The lowest BCUT2D eigenvalue weighted by atomic mass is 9.50. The molecule has 1 heterocycles. The molecule has 1 amide bonds. The number of fused-ring (bicyclic) bond motifs is 1. The molecule has 0 aliphatic heterocycles. The van der Waals surface area contributed by atoms with Crippen LogP contribution < -0.4 is 5.32 Å². The van der Waals surface area contributed by atoms with E-state index in [4.69, 9.17) is 4.74 Å². The smallest absolute Gasteiger partial charge is 0.228 e. The van der Waals surface area contributed by atoms with E-state index in [0.29, 0.717) is 22.9 Å². The third kappa shape index (κ3) is 2.58. The summed E-state index contributed by atoms with van der Waals surface area (Å²) in [6.07, 6.45) is 4.30. The Kier molecular flexibility index (Phi) is 3.73. The number of para-hydroxylation sites is 1. The lowest BCUT2D eigenvalue weighted by Gasteiger charge is -2.56. The van der Waals surface area contributed by atoms with Crippen molar-refractivity contribution in [2.24, 2.45) is 11.3 Å². The standard InChI is InChI=1S/C20H21N3O2/c1-12-15-5-3-4-6-17(15)22-18(16(12)11-21)23-19(24)13-7-20(8-13)9-14(10-20)25-2/h3-6,13-14H,7-10H2,1-2H3,(H,22,23,24). The van der Waals surface area contributed by atoms with Crippen LogP contribution in [0.1, 0.15) is 36.8 Å². The van der Waals surface area contributed by atoms with Gasteiger partial charge in [-0.25, -0.2) is 4.98 Å². The number of hydrogen-bond acceptors (Lipinski definition) is 4. The van der Waals surface area contributed by atoms with Gasteiger partial charge in [0.15, 0.2) is 5.82 Å². The van der Waals surface area contributed by atoms with E-state index in [1.165, 1.54) is 0 Å². The van der Waals surface area contributed by atoms with Crippen molar-refractivity contribution in [2.45, 2.75) is 38.7 Å². The molecule has 4 rings (SSSR count).